The Morgan fingerprint density at radius 1 is 1.41 bits per heavy atom. The average Bonchev–Trinajstić information content (AvgIpc) is 2.55. The standard InChI is InChI=1S/C9H9N2O5P/c12-9(13)8-6(5-17(14,15)16)11-4-2-1-3-7(11)10-8/h1-4H,5H2,(H,12,13)(H2,14,15,16). The summed E-state index contributed by atoms with van der Waals surface area (Å²) in [6, 6.07) is 4.86. The highest BCUT2D eigenvalue weighted by atomic mass is 31.2. The Labute approximate surface area is 95.5 Å². The van der Waals surface area contributed by atoms with E-state index in [2.05, 4.69) is 4.98 Å². The zero-order valence-corrected chi connectivity index (χ0v) is 9.41. The van der Waals surface area contributed by atoms with Crippen molar-refractivity contribution in [2.75, 3.05) is 0 Å². The van der Waals surface area contributed by atoms with Gasteiger partial charge in [-0.05, 0) is 12.1 Å². The third-order valence-electron chi connectivity index (χ3n) is 2.19. The number of nitrogens with zero attached hydrogens (tertiary/aromatic N) is 2. The Morgan fingerprint density at radius 2 is 2.12 bits per heavy atom. The minimum absolute atomic E-state index is 0.00133. The van der Waals surface area contributed by atoms with E-state index < -0.39 is 19.7 Å². The molecule has 0 unspecified atom stereocenters. The van der Waals surface area contributed by atoms with Crippen LogP contribution in [0.4, 0.5) is 0 Å². The van der Waals surface area contributed by atoms with E-state index in [9.17, 15) is 9.36 Å². The van der Waals surface area contributed by atoms with Crippen molar-refractivity contribution in [3.8, 4) is 0 Å². The molecule has 7 nitrogen and oxygen atoms in total. The number of aromatic nitrogens is 2. The monoisotopic (exact) mass is 256 g/mol. The number of hydrogen-bond acceptors (Lipinski definition) is 3. The van der Waals surface area contributed by atoms with Crippen LogP contribution >= 0.6 is 7.60 Å². The first-order valence-electron chi connectivity index (χ1n) is 4.62. The molecule has 0 aliphatic heterocycles. The molecule has 2 aromatic rings. The van der Waals surface area contributed by atoms with Crippen LogP contribution in [0, 0.1) is 0 Å². The van der Waals surface area contributed by atoms with Crippen molar-refractivity contribution in [2.45, 2.75) is 6.16 Å². The number of pyridine rings is 1. The highest BCUT2D eigenvalue weighted by molar-refractivity contribution is 7.50. The van der Waals surface area contributed by atoms with E-state index in [0.717, 1.165) is 0 Å². The second-order valence-corrected chi connectivity index (χ2v) is 5.11. The van der Waals surface area contributed by atoms with Gasteiger partial charge in [-0.25, -0.2) is 9.78 Å². The van der Waals surface area contributed by atoms with Crippen molar-refractivity contribution in [1.82, 2.24) is 9.38 Å². The average molecular weight is 256 g/mol. The molecule has 0 atom stereocenters. The number of carbonyl (C=O) groups is 1. The Bertz CT molecular complexity index is 629. The summed E-state index contributed by atoms with van der Waals surface area (Å²) >= 11 is 0. The summed E-state index contributed by atoms with van der Waals surface area (Å²) in [6.45, 7) is 0. The summed E-state index contributed by atoms with van der Waals surface area (Å²) in [5.74, 6) is -1.31. The number of fused-ring (bicyclic) bond motifs is 1. The second-order valence-electron chi connectivity index (χ2n) is 3.46. The van der Waals surface area contributed by atoms with Gasteiger partial charge in [-0.3, -0.25) is 4.57 Å². The smallest absolute Gasteiger partial charge is 0.356 e. The molecule has 0 aliphatic rings. The van der Waals surface area contributed by atoms with Gasteiger partial charge in [0.25, 0.3) is 0 Å². The van der Waals surface area contributed by atoms with E-state index in [0.29, 0.717) is 5.65 Å². The molecular formula is C9H9N2O5P. The molecule has 17 heavy (non-hydrogen) atoms. The first-order chi connectivity index (χ1) is 7.88. The number of carboxylic acid groups (broad SMARTS) is 1. The lowest BCUT2D eigenvalue weighted by atomic mass is 10.3. The number of carboxylic acids is 1. The van der Waals surface area contributed by atoms with Crippen LogP contribution in [-0.4, -0.2) is 30.2 Å². The van der Waals surface area contributed by atoms with Crippen LogP contribution < -0.4 is 0 Å². The summed E-state index contributed by atoms with van der Waals surface area (Å²) in [7, 11) is -4.35. The van der Waals surface area contributed by atoms with Gasteiger partial charge >= 0.3 is 13.6 Å². The Hall–Kier alpha value is -1.69. The number of hydrogen-bond donors (Lipinski definition) is 3. The van der Waals surface area contributed by atoms with Crippen molar-refractivity contribution in [3.05, 3.63) is 35.8 Å². The molecule has 0 amide bonds. The van der Waals surface area contributed by atoms with Gasteiger partial charge in [0, 0.05) is 6.20 Å². The molecule has 2 rings (SSSR count). The normalized spacial score (nSPS) is 11.9. The summed E-state index contributed by atoms with van der Waals surface area (Å²) < 4.78 is 12.3. The van der Waals surface area contributed by atoms with Crippen molar-refractivity contribution in [1.29, 1.82) is 0 Å². The van der Waals surface area contributed by atoms with E-state index in [1.165, 1.54) is 10.6 Å². The quantitative estimate of drug-likeness (QED) is 0.697. The van der Waals surface area contributed by atoms with Gasteiger partial charge in [0.1, 0.15) is 5.65 Å². The second kappa shape index (κ2) is 3.96. The molecule has 2 aromatic heterocycles. The maximum atomic E-state index is 11.0. The summed E-state index contributed by atoms with van der Waals surface area (Å²) in [6.07, 6.45) is 0.861. The minimum Gasteiger partial charge on any atom is -0.476 e. The molecule has 0 radical (unpaired) electrons. The summed E-state index contributed by atoms with van der Waals surface area (Å²) in [4.78, 5) is 32.6. The SMILES string of the molecule is O=C(O)c1nc2ccccn2c1CP(=O)(O)O. The predicted octanol–water partition coefficient (Wildman–Crippen LogP) is 0.710. The Morgan fingerprint density at radius 3 is 2.71 bits per heavy atom. The largest absolute Gasteiger partial charge is 0.476 e. The molecule has 3 N–H and O–H groups in total. The first kappa shape index (κ1) is 11.8. The molecule has 0 saturated carbocycles. The summed E-state index contributed by atoms with van der Waals surface area (Å²) in [5.41, 5.74) is 0.00862. The molecule has 0 aliphatic carbocycles. The molecule has 0 spiro atoms. The molecule has 2 heterocycles. The van der Waals surface area contributed by atoms with Crippen molar-refractivity contribution in [3.63, 3.8) is 0 Å². The van der Waals surface area contributed by atoms with Crippen LogP contribution in [0.25, 0.3) is 5.65 Å². The van der Waals surface area contributed by atoms with Gasteiger partial charge in [-0.15, -0.1) is 0 Å². The molecule has 8 heteroatoms. The van der Waals surface area contributed by atoms with Crippen molar-refractivity contribution in [2.24, 2.45) is 0 Å². The molecule has 0 bridgehead atoms. The van der Waals surface area contributed by atoms with Crippen LogP contribution in [0.5, 0.6) is 0 Å². The zero-order chi connectivity index (χ0) is 12.6. The highest BCUT2D eigenvalue weighted by Crippen LogP contribution is 2.40. The summed E-state index contributed by atoms with van der Waals surface area (Å²) in [5, 5.41) is 8.93. The van der Waals surface area contributed by atoms with Crippen LogP contribution in [0.2, 0.25) is 0 Å². The van der Waals surface area contributed by atoms with E-state index in [-0.39, 0.29) is 11.4 Å². The molecule has 90 valence electrons. The first-order valence-corrected chi connectivity index (χ1v) is 6.42. The van der Waals surface area contributed by atoms with Crippen LogP contribution in [0.15, 0.2) is 24.4 Å². The minimum atomic E-state index is -4.35. The fourth-order valence-corrected chi connectivity index (χ4v) is 2.26. The van der Waals surface area contributed by atoms with Gasteiger partial charge in [0.2, 0.25) is 0 Å². The Kier molecular flexibility index (Phi) is 2.74. The molecule has 0 saturated heterocycles. The van der Waals surface area contributed by atoms with Crippen LogP contribution in [0.1, 0.15) is 16.2 Å². The maximum absolute atomic E-state index is 11.0. The van der Waals surface area contributed by atoms with Crippen molar-refractivity contribution < 1.29 is 24.3 Å². The number of imidazole rings is 1. The van der Waals surface area contributed by atoms with Gasteiger partial charge < -0.3 is 19.3 Å². The topological polar surface area (TPSA) is 112 Å². The fraction of sp³-hybridized carbons (Fsp3) is 0.111. The van der Waals surface area contributed by atoms with Gasteiger partial charge in [0.15, 0.2) is 5.69 Å². The van der Waals surface area contributed by atoms with Crippen molar-refractivity contribution >= 4 is 19.2 Å². The van der Waals surface area contributed by atoms with E-state index in [4.69, 9.17) is 14.9 Å². The highest BCUT2D eigenvalue weighted by Gasteiger charge is 2.24. The third-order valence-corrected chi connectivity index (χ3v) is 2.90. The lowest BCUT2D eigenvalue weighted by molar-refractivity contribution is 0.0690. The lowest BCUT2D eigenvalue weighted by Crippen LogP contribution is -2.03. The lowest BCUT2D eigenvalue weighted by Gasteiger charge is -2.04. The Balaban J connectivity index is 2.68. The molecule has 0 aromatic carbocycles. The van der Waals surface area contributed by atoms with Gasteiger partial charge in [0.05, 0.1) is 11.9 Å². The number of rotatable bonds is 3. The zero-order valence-electron chi connectivity index (χ0n) is 8.52. The van der Waals surface area contributed by atoms with Gasteiger partial charge in [-0.2, -0.15) is 0 Å². The van der Waals surface area contributed by atoms with Crippen LogP contribution in [-0.2, 0) is 10.7 Å². The predicted molar refractivity (Wildman–Crippen MR) is 57.9 cm³/mol. The van der Waals surface area contributed by atoms with E-state index >= 15 is 0 Å². The fourth-order valence-electron chi connectivity index (χ4n) is 1.56. The molecule has 0 fully saturated rings. The van der Waals surface area contributed by atoms with E-state index in [1.54, 1.807) is 18.2 Å². The third kappa shape index (κ3) is 2.36. The van der Waals surface area contributed by atoms with Gasteiger partial charge in [-0.1, -0.05) is 6.07 Å². The maximum Gasteiger partial charge on any atom is 0.356 e. The van der Waals surface area contributed by atoms with E-state index in [1.807, 2.05) is 0 Å². The van der Waals surface area contributed by atoms with Crippen LogP contribution in [0.3, 0.4) is 0 Å². The molecular weight excluding hydrogens is 247 g/mol. The number of aromatic carboxylic acids is 1.